The van der Waals surface area contributed by atoms with E-state index < -0.39 is 0 Å². The summed E-state index contributed by atoms with van der Waals surface area (Å²) in [4.78, 5) is 2.63. The Bertz CT molecular complexity index is 308. The molecule has 2 rings (SSSR count). The lowest BCUT2D eigenvalue weighted by Gasteiger charge is -2.47. The highest BCUT2D eigenvalue weighted by atomic mass is 16.5. The maximum atomic E-state index is 6.21. The molecule has 0 aromatic heterocycles. The molecule has 1 aliphatic carbocycles. The maximum Gasteiger partial charge on any atom is 0.0710 e. The van der Waals surface area contributed by atoms with Crippen LogP contribution >= 0.6 is 0 Å². The molecule has 1 saturated heterocycles. The van der Waals surface area contributed by atoms with Crippen molar-refractivity contribution in [3.63, 3.8) is 0 Å². The van der Waals surface area contributed by atoms with Crippen molar-refractivity contribution in [2.24, 2.45) is 11.7 Å². The Morgan fingerprint density at radius 3 is 2.25 bits per heavy atom. The molecule has 20 heavy (non-hydrogen) atoms. The van der Waals surface area contributed by atoms with Gasteiger partial charge in [0, 0.05) is 18.6 Å². The highest BCUT2D eigenvalue weighted by Crippen LogP contribution is 2.37. The summed E-state index contributed by atoms with van der Waals surface area (Å²) in [6.07, 6.45) is 7.94. The van der Waals surface area contributed by atoms with E-state index in [9.17, 15) is 0 Å². The average Bonchev–Trinajstić information content (AvgIpc) is 2.77. The Hall–Kier alpha value is -0.120. The van der Waals surface area contributed by atoms with Crippen molar-refractivity contribution < 1.29 is 4.74 Å². The normalized spacial score (nSPS) is 37.5. The highest BCUT2D eigenvalue weighted by Gasteiger charge is 2.40. The van der Waals surface area contributed by atoms with Crippen LogP contribution in [0.4, 0.5) is 0 Å². The lowest BCUT2D eigenvalue weighted by molar-refractivity contribution is -0.0512. The number of hydrogen-bond acceptors (Lipinski definition) is 3. The van der Waals surface area contributed by atoms with Gasteiger partial charge in [-0.25, -0.2) is 0 Å². The van der Waals surface area contributed by atoms with Crippen molar-refractivity contribution in [1.29, 1.82) is 0 Å². The van der Waals surface area contributed by atoms with E-state index in [1.807, 2.05) is 0 Å². The minimum Gasteiger partial charge on any atom is -0.371 e. The SMILES string of the molecule is CCN(CC1CCC(C)(C)O1)C1(CN)CCC(C)CC1. The van der Waals surface area contributed by atoms with E-state index >= 15 is 0 Å². The fraction of sp³-hybridized carbons (Fsp3) is 1.00. The molecular formula is C17H34N2O. The van der Waals surface area contributed by atoms with Crippen molar-refractivity contribution in [3.05, 3.63) is 0 Å². The number of hydrogen-bond donors (Lipinski definition) is 1. The summed E-state index contributed by atoms with van der Waals surface area (Å²) in [5.74, 6) is 0.870. The quantitative estimate of drug-likeness (QED) is 0.841. The lowest BCUT2D eigenvalue weighted by Crippen LogP contribution is -2.57. The van der Waals surface area contributed by atoms with Crippen LogP contribution in [0.15, 0.2) is 0 Å². The first-order valence-corrected chi connectivity index (χ1v) is 8.54. The summed E-state index contributed by atoms with van der Waals surface area (Å²) in [6, 6.07) is 0. The maximum absolute atomic E-state index is 6.21. The molecule has 2 aliphatic rings. The standard InChI is InChI=1S/C17H34N2O/c1-5-19(12-15-8-9-16(3,4)20-15)17(13-18)10-6-14(2)7-11-17/h14-15H,5-13,18H2,1-4H3. The molecule has 1 saturated carbocycles. The monoisotopic (exact) mass is 282 g/mol. The van der Waals surface area contributed by atoms with Crippen LogP contribution in [-0.4, -0.2) is 41.8 Å². The largest absolute Gasteiger partial charge is 0.371 e. The number of nitrogens with zero attached hydrogens (tertiary/aromatic N) is 1. The molecule has 3 nitrogen and oxygen atoms in total. The van der Waals surface area contributed by atoms with Gasteiger partial charge in [0.15, 0.2) is 0 Å². The van der Waals surface area contributed by atoms with E-state index in [1.54, 1.807) is 0 Å². The van der Waals surface area contributed by atoms with Crippen LogP contribution in [0.2, 0.25) is 0 Å². The molecule has 0 bridgehead atoms. The average molecular weight is 282 g/mol. The molecule has 0 spiro atoms. The highest BCUT2D eigenvalue weighted by molar-refractivity contribution is 4.96. The van der Waals surface area contributed by atoms with Crippen LogP contribution in [0.25, 0.3) is 0 Å². The zero-order valence-electron chi connectivity index (χ0n) is 14.0. The van der Waals surface area contributed by atoms with Crippen molar-refractivity contribution >= 4 is 0 Å². The van der Waals surface area contributed by atoms with Gasteiger partial charge in [0.05, 0.1) is 11.7 Å². The summed E-state index contributed by atoms with van der Waals surface area (Å²) < 4.78 is 6.20. The summed E-state index contributed by atoms with van der Waals surface area (Å²) >= 11 is 0. The molecule has 2 N–H and O–H groups in total. The number of likely N-dealkylation sites (N-methyl/N-ethyl adjacent to an activating group) is 1. The van der Waals surface area contributed by atoms with E-state index in [-0.39, 0.29) is 11.1 Å². The zero-order valence-corrected chi connectivity index (χ0v) is 14.0. The van der Waals surface area contributed by atoms with Crippen LogP contribution in [0.1, 0.15) is 66.2 Å². The first-order chi connectivity index (χ1) is 9.41. The van der Waals surface area contributed by atoms with Crippen molar-refractivity contribution in [1.82, 2.24) is 4.90 Å². The predicted octanol–water partition coefficient (Wildman–Crippen LogP) is 3.17. The van der Waals surface area contributed by atoms with E-state index in [4.69, 9.17) is 10.5 Å². The van der Waals surface area contributed by atoms with Gasteiger partial charge in [0.1, 0.15) is 0 Å². The van der Waals surface area contributed by atoms with Crippen molar-refractivity contribution in [2.75, 3.05) is 19.6 Å². The summed E-state index contributed by atoms with van der Waals surface area (Å²) in [5.41, 5.74) is 6.51. The first kappa shape index (κ1) is 16.3. The Labute approximate surface area is 125 Å². The van der Waals surface area contributed by atoms with E-state index in [0.29, 0.717) is 6.10 Å². The van der Waals surface area contributed by atoms with Gasteiger partial charge in [0.25, 0.3) is 0 Å². The number of rotatable bonds is 5. The molecule has 1 heterocycles. The van der Waals surface area contributed by atoms with Gasteiger partial charge in [-0.15, -0.1) is 0 Å². The van der Waals surface area contributed by atoms with E-state index in [2.05, 4.69) is 32.6 Å². The molecule has 1 atom stereocenters. The van der Waals surface area contributed by atoms with Crippen molar-refractivity contribution in [3.8, 4) is 0 Å². The van der Waals surface area contributed by atoms with Gasteiger partial charge in [-0.05, 0) is 64.8 Å². The second kappa shape index (κ2) is 6.33. The Kier molecular flexibility index (Phi) is 5.14. The third kappa shape index (κ3) is 3.55. The molecule has 0 aromatic carbocycles. The minimum absolute atomic E-state index is 0.0705. The summed E-state index contributed by atoms with van der Waals surface area (Å²) in [5, 5.41) is 0. The molecule has 0 amide bonds. The molecule has 0 radical (unpaired) electrons. The lowest BCUT2D eigenvalue weighted by atomic mass is 9.76. The number of nitrogens with two attached hydrogens (primary N) is 1. The molecule has 118 valence electrons. The van der Waals surface area contributed by atoms with Gasteiger partial charge in [-0.2, -0.15) is 0 Å². The Balaban J connectivity index is 1.99. The van der Waals surface area contributed by atoms with Crippen LogP contribution in [0.3, 0.4) is 0 Å². The summed E-state index contributed by atoms with van der Waals surface area (Å²) in [6.45, 7) is 12.0. The van der Waals surface area contributed by atoms with E-state index in [0.717, 1.165) is 25.6 Å². The topological polar surface area (TPSA) is 38.5 Å². The van der Waals surface area contributed by atoms with Gasteiger partial charge in [0.2, 0.25) is 0 Å². The molecule has 1 aliphatic heterocycles. The predicted molar refractivity (Wildman–Crippen MR) is 84.9 cm³/mol. The second-order valence-corrected chi connectivity index (χ2v) is 7.69. The van der Waals surface area contributed by atoms with Gasteiger partial charge < -0.3 is 10.5 Å². The molecule has 0 aromatic rings. The van der Waals surface area contributed by atoms with Gasteiger partial charge in [-0.1, -0.05) is 13.8 Å². The Morgan fingerprint density at radius 2 is 1.80 bits per heavy atom. The third-order valence-electron chi connectivity index (χ3n) is 5.62. The van der Waals surface area contributed by atoms with Crippen LogP contribution in [0.5, 0.6) is 0 Å². The van der Waals surface area contributed by atoms with Gasteiger partial charge >= 0.3 is 0 Å². The minimum atomic E-state index is 0.0705. The first-order valence-electron chi connectivity index (χ1n) is 8.54. The zero-order chi connectivity index (χ0) is 14.8. The van der Waals surface area contributed by atoms with Crippen LogP contribution in [-0.2, 0) is 4.74 Å². The fourth-order valence-electron chi connectivity index (χ4n) is 4.06. The molecule has 1 unspecified atom stereocenters. The second-order valence-electron chi connectivity index (χ2n) is 7.69. The molecule has 2 fully saturated rings. The van der Waals surface area contributed by atoms with Crippen LogP contribution < -0.4 is 5.73 Å². The third-order valence-corrected chi connectivity index (χ3v) is 5.62. The summed E-state index contributed by atoms with van der Waals surface area (Å²) in [7, 11) is 0. The molecule has 3 heteroatoms. The Morgan fingerprint density at radius 1 is 1.15 bits per heavy atom. The van der Waals surface area contributed by atoms with Crippen LogP contribution in [0, 0.1) is 5.92 Å². The van der Waals surface area contributed by atoms with Gasteiger partial charge in [-0.3, -0.25) is 4.90 Å². The van der Waals surface area contributed by atoms with E-state index in [1.165, 1.54) is 38.5 Å². The molecular weight excluding hydrogens is 248 g/mol. The van der Waals surface area contributed by atoms with Crippen molar-refractivity contribution in [2.45, 2.75) is 83.5 Å². The smallest absolute Gasteiger partial charge is 0.0710 e. The number of ether oxygens (including phenoxy) is 1. The fourth-order valence-corrected chi connectivity index (χ4v) is 4.06.